The van der Waals surface area contributed by atoms with Crippen molar-refractivity contribution in [2.75, 3.05) is 13.6 Å². The zero-order valence-corrected chi connectivity index (χ0v) is 11.3. The van der Waals surface area contributed by atoms with Gasteiger partial charge in [-0.25, -0.2) is 0 Å². The topological polar surface area (TPSA) is 46.3 Å². The van der Waals surface area contributed by atoms with E-state index in [0.717, 1.165) is 38.6 Å². The van der Waals surface area contributed by atoms with Crippen molar-refractivity contribution >= 4 is 5.91 Å². The van der Waals surface area contributed by atoms with Crippen molar-refractivity contribution in [3.8, 4) is 0 Å². The lowest BCUT2D eigenvalue weighted by molar-refractivity contribution is -0.134. The van der Waals surface area contributed by atoms with E-state index in [4.69, 9.17) is 5.73 Å². The maximum Gasteiger partial charge on any atom is 0.225 e. The smallest absolute Gasteiger partial charge is 0.225 e. The summed E-state index contributed by atoms with van der Waals surface area (Å²) >= 11 is 0. The van der Waals surface area contributed by atoms with Crippen LogP contribution in [0.5, 0.6) is 0 Å². The first kappa shape index (κ1) is 15.4. The maximum absolute atomic E-state index is 12.1. The van der Waals surface area contributed by atoms with E-state index in [0.29, 0.717) is 5.91 Å². The number of nitrogens with zero attached hydrogens (tertiary/aromatic N) is 1. The first-order valence-electron chi connectivity index (χ1n) is 6.53. The number of hydrogen-bond donors (Lipinski definition) is 1. The molecule has 0 aliphatic heterocycles. The van der Waals surface area contributed by atoms with Crippen LogP contribution in [0.1, 0.15) is 52.9 Å². The number of hydrogen-bond acceptors (Lipinski definition) is 2. The van der Waals surface area contributed by atoms with Crippen molar-refractivity contribution in [3.63, 3.8) is 0 Å². The predicted octanol–water partition coefficient (Wildman–Crippen LogP) is 2.40. The van der Waals surface area contributed by atoms with Crippen molar-refractivity contribution in [1.29, 1.82) is 0 Å². The molecular formula is C13H28N2O. The predicted molar refractivity (Wildman–Crippen MR) is 69.2 cm³/mol. The highest BCUT2D eigenvalue weighted by Crippen LogP contribution is 2.16. The molecule has 0 spiro atoms. The largest absolute Gasteiger partial charge is 0.345 e. The Morgan fingerprint density at radius 3 is 2.06 bits per heavy atom. The molecule has 0 radical (unpaired) electrons. The molecule has 3 heteroatoms. The third kappa shape index (κ3) is 6.11. The third-order valence-electron chi connectivity index (χ3n) is 2.92. The Balaban J connectivity index is 4.13. The van der Waals surface area contributed by atoms with Crippen molar-refractivity contribution < 1.29 is 4.79 Å². The molecule has 1 atom stereocenters. The first-order chi connectivity index (χ1) is 7.52. The molecule has 0 aromatic carbocycles. The van der Waals surface area contributed by atoms with E-state index in [2.05, 4.69) is 13.8 Å². The first-order valence-corrected chi connectivity index (χ1v) is 6.53. The quantitative estimate of drug-likeness (QED) is 0.693. The van der Waals surface area contributed by atoms with Gasteiger partial charge in [-0.1, -0.05) is 26.7 Å². The van der Waals surface area contributed by atoms with Crippen LogP contribution in [0, 0.1) is 5.92 Å². The molecule has 0 saturated carbocycles. The highest BCUT2D eigenvalue weighted by atomic mass is 16.2. The molecule has 3 nitrogen and oxygen atoms in total. The van der Waals surface area contributed by atoms with Gasteiger partial charge in [0.15, 0.2) is 0 Å². The van der Waals surface area contributed by atoms with Gasteiger partial charge in [0.05, 0.1) is 0 Å². The summed E-state index contributed by atoms with van der Waals surface area (Å²) in [6.45, 7) is 7.03. The van der Waals surface area contributed by atoms with Gasteiger partial charge in [-0.15, -0.1) is 0 Å². The Kier molecular flexibility index (Phi) is 8.26. The van der Waals surface area contributed by atoms with Gasteiger partial charge in [0, 0.05) is 25.6 Å². The Morgan fingerprint density at radius 2 is 1.69 bits per heavy atom. The van der Waals surface area contributed by atoms with Crippen molar-refractivity contribution in [3.05, 3.63) is 0 Å². The zero-order chi connectivity index (χ0) is 12.6. The lowest BCUT2D eigenvalue weighted by Gasteiger charge is -2.24. The molecule has 0 aromatic rings. The minimum absolute atomic E-state index is 0.172. The summed E-state index contributed by atoms with van der Waals surface area (Å²) in [6, 6.07) is 0.172. The molecule has 0 rings (SSSR count). The number of amides is 1. The molecule has 0 saturated heterocycles. The zero-order valence-electron chi connectivity index (χ0n) is 11.3. The standard InChI is InChI=1S/C13H28N2O/c1-5-7-12(8-6-2)13(16)15(4)10-9-11(3)14/h11-12H,5-10,14H2,1-4H3. The molecule has 0 bridgehead atoms. The van der Waals surface area contributed by atoms with Crippen LogP contribution >= 0.6 is 0 Å². The number of rotatable bonds is 8. The molecule has 0 aliphatic rings. The summed E-state index contributed by atoms with van der Waals surface area (Å²) in [5, 5.41) is 0. The highest BCUT2D eigenvalue weighted by Gasteiger charge is 2.20. The summed E-state index contributed by atoms with van der Waals surface area (Å²) in [4.78, 5) is 14.0. The second-order valence-corrected chi connectivity index (χ2v) is 4.80. The number of carbonyl (C=O) groups is 1. The van der Waals surface area contributed by atoms with E-state index in [1.807, 2.05) is 18.9 Å². The van der Waals surface area contributed by atoms with Gasteiger partial charge in [-0.2, -0.15) is 0 Å². The maximum atomic E-state index is 12.1. The van der Waals surface area contributed by atoms with Crippen LogP contribution in [0.4, 0.5) is 0 Å². The van der Waals surface area contributed by atoms with Crippen molar-refractivity contribution in [2.45, 2.75) is 58.9 Å². The number of carbonyl (C=O) groups excluding carboxylic acids is 1. The van der Waals surface area contributed by atoms with Gasteiger partial charge >= 0.3 is 0 Å². The van der Waals surface area contributed by atoms with Crippen LogP contribution < -0.4 is 5.73 Å². The van der Waals surface area contributed by atoms with E-state index in [1.165, 1.54) is 0 Å². The molecule has 0 aromatic heterocycles. The molecule has 16 heavy (non-hydrogen) atoms. The van der Waals surface area contributed by atoms with Gasteiger partial charge in [0.2, 0.25) is 5.91 Å². The van der Waals surface area contributed by atoms with Crippen LogP contribution in [0.3, 0.4) is 0 Å². The molecule has 96 valence electrons. The monoisotopic (exact) mass is 228 g/mol. The minimum Gasteiger partial charge on any atom is -0.345 e. The fourth-order valence-electron chi connectivity index (χ4n) is 1.91. The SMILES string of the molecule is CCCC(CCC)C(=O)N(C)CCC(C)N. The van der Waals surface area contributed by atoms with E-state index >= 15 is 0 Å². The van der Waals surface area contributed by atoms with Crippen LogP contribution in [-0.2, 0) is 4.79 Å². The second kappa shape index (κ2) is 8.57. The fraction of sp³-hybridized carbons (Fsp3) is 0.923. The van der Waals surface area contributed by atoms with E-state index in [1.54, 1.807) is 0 Å². The van der Waals surface area contributed by atoms with E-state index < -0.39 is 0 Å². The number of nitrogens with two attached hydrogens (primary N) is 1. The van der Waals surface area contributed by atoms with Crippen LogP contribution in [0.15, 0.2) is 0 Å². The van der Waals surface area contributed by atoms with Crippen LogP contribution in [0.25, 0.3) is 0 Å². The van der Waals surface area contributed by atoms with Gasteiger partial charge in [0.25, 0.3) is 0 Å². The Labute approximate surface area is 100 Å². The average Bonchev–Trinajstić information content (AvgIpc) is 2.24. The average molecular weight is 228 g/mol. The molecule has 0 aliphatic carbocycles. The van der Waals surface area contributed by atoms with E-state index in [9.17, 15) is 4.79 Å². The van der Waals surface area contributed by atoms with Crippen molar-refractivity contribution in [2.24, 2.45) is 11.7 Å². The molecular weight excluding hydrogens is 200 g/mol. The minimum atomic E-state index is 0.172. The van der Waals surface area contributed by atoms with Gasteiger partial charge in [0.1, 0.15) is 0 Å². The third-order valence-corrected chi connectivity index (χ3v) is 2.92. The normalized spacial score (nSPS) is 12.9. The molecule has 1 unspecified atom stereocenters. The van der Waals surface area contributed by atoms with Crippen molar-refractivity contribution in [1.82, 2.24) is 4.90 Å². The summed E-state index contributed by atoms with van der Waals surface area (Å²) in [6.07, 6.45) is 5.06. The Morgan fingerprint density at radius 1 is 1.19 bits per heavy atom. The highest BCUT2D eigenvalue weighted by molar-refractivity contribution is 5.78. The Hall–Kier alpha value is -0.570. The summed E-state index contributed by atoms with van der Waals surface area (Å²) in [5.74, 6) is 0.512. The Bertz CT molecular complexity index is 186. The summed E-state index contributed by atoms with van der Waals surface area (Å²) in [7, 11) is 1.89. The van der Waals surface area contributed by atoms with Gasteiger partial charge in [-0.05, 0) is 26.2 Å². The van der Waals surface area contributed by atoms with Gasteiger partial charge < -0.3 is 10.6 Å². The van der Waals surface area contributed by atoms with Crippen LogP contribution in [-0.4, -0.2) is 30.4 Å². The molecule has 0 heterocycles. The summed E-state index contributed by atoms with van der Waals surface area (Å²) < 4.78 is 0. The fourth-order valence-corrected chi connectivity index (χ4v) is 1.91. The second-order valence-electron chi connectivity index (χ2n) is 4.80. The lowest BCUT2D eigenvalue weighted by atomic mass is 9.97. The molecule has 1 amide bonds. The van der Waals surface area contributed by atoms with E-state index in [-0.39, 0.29) is 12.0 Å². The molecule has 2 N–H and O–H groups in total. The van der Waals surface area contributed by atoms with Crippen LogP contribution in [0.2, 0.25) is 0 Å². The summed E-state index contributed by atoms with van der Waals surface area (Å²) in [5.41, 5.74) is 5.70. The van der Waals surface area contributed by atoms with Gasteiger partial charge in [-0.3, -0.25) is 4.79 Å². The lowest BCUT2D eigenvalue weighted by Crippen LogP contribution is -2.35. The molecule has 0 fully saturated rings.